The Morgan fingerprint density at radius 3 is 2.79 bits per heavy atom. The van der Waals surface area contributed by atoms with Gasteiger partial charge in [-0.3, -0.25) is 4.68 Å². The molecule has 3 nitrogen and oxygen atoms in total. The first kappa shape index (κ1) is 11.2. The van der Waals surface area contributed by atoms with E-state index >= 15 is 0 Å². The summed E-state index contributed by atoms with van der Waals surface area (Å²) in [6.45, 7) is 7.44. The third-order valence-corrected chi connectivity index (χ3v) is 2.42. The maximum absolute atomic E-state index is 5.79. The third-order valence-electron chi connectivity index (χ3n) is 2.42. The van der Waals surface area contributed by atoms with Crippen molar-refractivity contribution in [1.82, 2.24) is 9.78 Å². The molecule has 0 fully saturated rings. The molecule has 0 aliphatic rings. The first-order chi connectivity index (χ1) is 6.65. The van der Waals surface area contributed by atoms with Crippen LogP contribution in [0.15, 0.2) is 12.3 Å². The minimum absolute atomic E-state index is 0.259. The van der Waals surface area contributed by atoms with Crippen molar-refractivity contribution in [3.8, 4) is 0 Å². The second-order valence-electron chi connectivity index (χ2n) is 4.09. The van der Waals surface area contributed by atoms with Crippen LogP contribution >= 0.6 is 0 Å². The van der Waals surface area contributed by atoms with Gasteiger partial charge in [0.1, 0.15) is 0 Å². The largest absolute Gasteiger partial charge is 0.328 e. The standard InChI is InChI=1S/C11H21N3/c1-4-7-14-11(5-6-13-14)9(2)8-10(3)12/h5-6,9-10H,4,7-8,12H2,1-3H3. The lowest BCUT2D eigenvalue weighted by Gasteiger charge is -2.15. The van der Waals surface area contributed by atoms with Gasteiger partial charge in [-0.15, -0.1) is 0 Å². The summed E-state index contributed by atoms with van der Waals surface area (Å²) in [7, 11) is 0. The summed E-state index contributed by atoms with van der Waals surface area (Å²) >= 11 is 0. The van der Waals surface area contributed by atoms with E-state index in [9.17, 15) is 0 Å². The van der Waals surface area contributed by atoms with Crippen molar-refractivity contribution in [2.75, 3.05) is 0 Å². The van der Waals surface area contributed by atoms with Crippen LogP contribution in [0.3, 0.4) is 0 Å². The van der Waals surface area contributed by atoms with E-state index in [1.54, 1.807) is 0 Å². The van der Waals surface area contributed by atoms with E-state index in [0.717, 1.165) is 19.4 Å². The number of hydrogen-bond acceptors (Lipinski definition) is 2. The van der Waals surface area contributed by atoms with Gasteiger partial charge in [0.25, 0.3) is 0 Å². The maximum atomic E-state index is 5.79. The van der Waals surface area contributed by atoms with Crippen molar-refractivity contribution in [3.63, 3.8) is 0 Å². The van der Waals surface area contributed by atoms with Crippen molar-refractivity contribution in [3.05, 3.63) is 18.0 Å². The Morgan fingerprint density at radius 1 is 1.50 bits per heavy atom. The average molecular weight is 195 g/mol. The van der Waals surface area contributed by atoms with E-state index < -0.39 is 0 Å². The minimum atomic E-state index is 0.259. The van der Waals surface area contributed by atoms with Gasteiger partial charge in [0.05, 0.1) is 0 Å². The van der Waals surface area contributed by atoms with E-state index in [-0.39, 0.29) is 6.04 Å². The van der Waals surface area contributed by atoms with E-state index in [1.165, 1.54) is 5.69 Å². The molecule has 1 heterocycles. The van der Waals surface area contributed by atoms with Gasteiger partial charge in [-0.1, -0.05) is 13.8 Å². The molecule has 0 saturated heterocycles. The molecule has 0 aromatic carbocycles. The Kier molecular flexibility index (Phi) is 4.14. The molecule has 0 bridgehead atoms. The lowest BCUT2D eigenvalue weighted by Crippen LogP contribution is -2.19. The lowest BCUT2D eigenvalue weighted by atomic mass is 10.00. The smallest absolute Gasteiger partial charge is 0.0492 e. The van der Waals surface area contributed by atoms with Crippen LogP contribution in [0.1, 0.15) is 45.2 Å². The van der Waals surface area contributed by atoms with E-state index in [4.69, 9.17) is 5.73 Å². The summed E-state index contributed by atoms with van der Waals surface area (Å²) in [6, 6.07) is 2.36. The molecule has 80 valence electrons. The molecule has 0 aliphatic heterocycles. The SMILES string of the molecule is CCCn1nccc1C(C)CC(C)N. The monoisotopic (exact) mass is 195 g/mol. The molecule has 0 saturated carbocycles. The average Bonchev–Trinajstić information content (AvgIpc) is 2.51. The number of nitrogens with zero attached hydrogens (tertiary/aromatic N) is 2. The highest BCUT2D eigenvalue weighted by Gasteiger charge is 2.12. The van der Waals surface area contributed by atoms with Crippen LogP contribution < -0.4 is 5.73 Å². The van der Waals surface area contributed by atoms with E-state index in [2.05, 4.69) is 36.6 Å². The zero-order valence-corrected chi connectivity index (χ0v) is 9.40. The number of aromatic nitrogens is 2. The van der Waals surface area contributed by atoms with Crippen LogP contribution in [-0.4, -0.2) is 15.8 Å². The summed E-state index contributed by atoms with van der Waals surface area (Å²) in [4.78, 5) is 0. The summed E-state index contributed by atoms with van der Waals surface area (Å²) in [5.41, 5.74) is 7.10. The first-order valence-corrected chi connectivity index (χ1v) is 5.42. The highest BCUT2D eigenvalue weighted by molar-refractivity contribution is 5.07. The molecule has 2 unspecified atom stereocenters. The Morgan fingerprint density at radius 2 is 2.21 bits per heavy atom. The van der Waals surface area contributed by atoms with Crippen molar-refractivity contribution < 1.29 is 0 Å². The summed E-state index contributed by atoms with van der Waals surface area (Å²) in [5.74, 6) is 0.504. The molecular formula is C11H21N3. The van der Waals surface area contributed by atoms with Gasteiger partial charge in [-0.25, -0.2) is 0 Å². The van der Waals surface area contributed by atoms with Crippen LogP contribution in [0.25, 0.3) is 0 Å². The van der Waals surface area contributed by atoms with Crippen molar-refractivity contribution in [1.29, 1.82) is 0 Å². The Balaban J connectivity index is 2.68. The molecule has 2 atom stereocenters. The molecule has 0 amide bonds. The fourth-order valence-corrected chi connectivity index (χ4v) is 1.84. The zero-order chi connectivity index (χ0) is 10.6. The molecule has 1 rings (SSSR count). The molecule has 0 spiro atoms. The Bertz CT molecular complexity index is 265. The van der Waals surface area contributed by atoms with Gasteiger partial charge in [0, 0.05) is 24.5 Å². The van der Waals surface area contributed by atoms with Gasteiger partial charge in [-0.05, 0) is 31.7 Å². The molecule has 1 aromatic heterocycles. The highest BCUT2D eigenvalue weighted by atomic mass is 15.3. The van der Waals surface area contributed by atoms with Crippen molar-refractivity contribution >= 4 is 0 Å². The fourth-order valence-electron chi connectivity index (χ4n) is 1.84. The van der Waals surface area contributed by atoms with Crippen LogP contribution in [0, 0.1) is 0 Å². The van der Waals surface area contributed by atoms with Crippen LogP contribution in [-0.2, 0) is 6.54 Å². The molecule has 3 heteroatoms. The van der Waals surface area contributed by atoms with Gasteiger partial charge < -0.3 is 5.73 Å². The Labute approximate surface area is 86.3 Å². The molecular weight excluding hydrogens is 174 g/mol. The summed E-state index contributed by atoms with van der Waals surface area (Å²) < 4.78 is 2.09. The van der Waals surface area contributed by atoms with Crippen LogP contribution in [0.5, 0.6) is 0 Å². The van der Waals surface area contributed by atoms with E-state index in [1.807, 2.05) is 6.20 Å². The van der Waals surface area contributed by atoms with Crippen molar-refractivity contribution in [2.45, 2.75) is 52.1 Å². The second kappa shape index (κ2) is 5.15. The topological polar surface area (TPSA) is 43.8 Å². The molecule has 1 aromatic rings. The van der Waals surface area contributed by atoms with Crippen LogP contribution in [0.4, 0.5) is 0 Å². The van der Waals surface area contributed by atoms with Crippen LogP contribution in [0.2, 0.25) is 0 Å². The predicted octanol–water partition coefficient (Wildman–Crippen LogP) is 2.13. The van der Waals surface area contributed by atoms with Gasteiger partial charge in [0.2, 0.25) is 0 Å². The van der Waals surface area contributed by atoms with Gasteiger partial charge in [-0.2, -0.15) is 5.10 Å². The third kappa shape index (κ3) is 2.84. The molecule has 2 N–H and O–H groups in total. The number of nitrogens with two attached hydrogens (primary N) is 1. The minimum Gasteiger partial charge on any atom is -0.328 e. The fraction of sp³-hybridized carbons (Fsp3) is 0.727. The summed E-state index contributed by atoms with van der Waals surface area (Å²) in [6.07, 6.45) is 4.03. The lowest BCUT2D eigenvalue weighted by molar-refractivity contribution is 0.509. The quantitative estimate of drug-likeness (QED) is 0.782. The normalized spacial score (nSPS) is 15.4. The second-order valence-corrected chi connectivity index (χ2v) is 4.09. The molecule has 14 heavy (non-hydrogen) atoms. The number of aryl methyl sites for hydroxylation is 1. The summed E-state index contributed by atoms with van der Waals surface area (Å²) in [5, 5.41) is 4.31. The highest BCUT2D eigenvalue weighted by Crippen LogP contribution is 2.19. The predicted molar refractivity (Wildman–Crippen MR) is 59.2 cm³/mol. The van der Waals surface area contributed by atoms with Crippen molar-refractivity contribution in [2.24, 2.45) is 5.73 Å². The Hall–Kier alpha value is -0.830. The zero-order valence-electron chi connectivity index (χ0n) is 9.40. The number of rotatable bonds is 5. The first-order valence-electron chi connectivity index (χ1n) is 5.42. The molecule has 0 radical (unpaired) electrons. The molecule has 0 aliphatic carbocycles. The van der Waals surface area contributed by atoms with E-state index in [0.29, 0.717) is 5.92 Å². The maximum Gasteiger partial charge on any atom is 0.0492 e. The van der Waals surface area contributed by atoms with Gasteiger partial charge in [0.15, 0.2) is 0 Å². The van der Waals surface area contributed by atoms with Gasteiger partial charge >= 0.3 is 0 Å². The number of hydrogen-bond donors (Lipinski definition) is 1.